The van der Waals surface area contributed by atoms with Crippen molar-refractivity contribution in [3.63, 3.8) is 0 Å². The molecule has 1 aromatic rings. The molecule has 1 saturated carbocycles. The summed E-state index contributed by atoms with van der Waals surface area (Å²) >= 11 is 0. The van der Waals surface area contributed by atoms with Gasteiger partial charge in [-0.25, -0.2) is 0 Å². The van der Waals surface area contributed by atoms with Crippen molar-refractivity contribution in [3.8, 4) is 0 Å². The summed E-state index contributed by atoms with van der Waals surface area (Å²) in [6.45, 7) is 3.23. The van der Waals surface area contributed by atoms with Crippen LogP contribution in [-0.4, -0.2) is 47.6 Å². The van der Waals surface area contributed by atoms with Gasteiger partial charge in [-0.1, -0.05) is 29.8 Å². The average molecular weight is 319 g/mol. The highest BCUT2D eigenvalue weighted by atomic mass is 16.5. The molecule has 2 aliphatic rings. The topological polar surface area (TPSA) is 78.8 Å². The Hall–Kier alpha value is -1.43. The van der Waals surface area contributed by atoms with Crippen LogP contribution >= 0.6 is 0 Å². The fourth-order valence-electron chi connectivity index (χ4n) is 3.70. The van der Waals surface area contributed by atoms with Gasteiger partial charge in [0.1, 0.15) is 6.10 Å². The molecule has 1 aromatic carbocycles. The number of hydrogen-bond acceptors (Lipinski definition) is 4. The first-order valence-electron chi connectivity index (χ1n) is 8.37. The third-order valence-corrected chi connectivity index (χ3v) is 5.06. The minimum atomic E-state index is -0.927. The van der Waals surface area contributed by atoms with E-state index in [1.807, 2.05) is 25.1 Å². The van der Waals surface area contributed by atoms with Crippen molar-refractivity contribution < 1.29 is 19.7 Å². The van der Waals surface area contributed by atoms with Gasteiger partial charge in [-0.15, -0.1) is 0 Å². The van der Waals surface area contributed by atoms with E-state index >= 15 is 0 Å². The van der Waals surface area contributed by atoms with Crippen LogP contribution in [0.3, 0.4) is 0 Å². The number of ether oxygens (including phenoxy) is 1. The van der Waals surface area contributed by atoms with Crippen molar-refractivity contribution in [1.82, 2.24) is 5.32 Å². The Morgan fingerprint density at radius 1 is 1.26 bits per heavy atom. The maximum atomic E-state index is 12.5. The zero-order valence-corrected chi connectivity index (χ0v) is 13.4. The standard InChI is InChI=1S/C18H25NO4/c1-11-3-2-4-13(9-11)14-10-15(20)17(21)16(14)19-18(22)12-5-7-23-8-6-12/h2-4,9,12,14-17,20-21H,5-8,10H2,1H3,(H,19,22)/t14-,15-,16-,17-/m1/s1. The van der Waals surface area contributed by atoms with Crippen LogP contribution in [-0.2, 0) is 9.53 Å². The molecule has 5 nitrogen and oxygen atoms in total. The number of carbonyl (C=O) groups is 1. The van der Waals surface area contributed by atoms with E-state index in [1.54, 1.807) is 0 Å². The second-order valence-corrected chi connectivity index (χ2v) is 6.74. The van der Waals surface area contributed by atoms with E-state index in [0.717, 1.165) is 11.1 Å². The van der Waals surface area contributed by atoms with E-state index in [-0.39, 0.29) is 17.7 Å². The second kappa shape index (κ2) is 6.99. The average Bonchev–Trinajstić information content (AvgIpc) is 2.84. The Bertz CT molecular complexity index is 556. The molecule has 1 amide bonds. The van der Waals surface area contributed by atoms with Crippen molar-refractivity contribution in [2.24, 2.45) is 5.92 Å². The molecule has 23 heavy (non-hydrogen) atoms. The van der Waals surface area contributed by atoms with Crippen LogP contribution in [0.5, 0.6) is 0 Å². The van der Waals surface area contributed by atoms with E-state index in [4.69, 9.17) is 4.74 Å². The molecule has 2 fully saturated rings. The van der Waals surface area contributed by atoms with Gasteiger partial charge in [-0.05, 0) is 31.7 Å². The molecule has 5 heteroatoms. The van der Waals surface area contributed by atoms with Crippen molar-refractivity contribution in [3.05, 3.63) is 35.4 Å². The predicted molar refractivity (Wildman–Crippen MR) is 86.0 cm³/mol. The first-order valence-corrected chi connectivity index (χ1v) is 8.37. The number of aliphatic hydroxyl groups excluding tert-OH is 2. The van der Waals surface area contributed by atoms with Gasteiger partial charge in [0, 0.05) is 25.0 Å². The summed E-state index contributed by atoms with van der Waals surface area (Å²) in [5.74, 6) is -0.167. The van der Waals surface area contributed by atoms with Gasteiger partial charge in [0.15, 0.2) is 0 Å². The lowest BCUT2D eigenvalue weighted by molar-refractivity contribution is -0.129. The molecular weight excluding hydrogens is 294 g/mol. The molecule has 4 atom stereocenters. The smallest absolute Gasteiger partial charge is 0.223 e. The minimum absolute atomic E-state index is 0.0379. The van der Waals surface area contributed by atoms with Gasteiger partial charge in [-0.2, -0.15) is 0 Å². The van der Waals surface area contributed by atoms with Crippen molar-refractivity contribution in [2.75, 3.05) is 13.2 Å². The first-order chi connectivity index (χ1) is 11.1. The second-order valence-electron chi connectivity index (χ2n) is 6.74. The molecular formula is C18H25NO4. The normalized spacial score (nSPS) is 32.0. The lowest BCUT2D eigenvalue weighted by Gasteiger charge is -2.28. The van der Waals surface area contributed by atoms with E-state index in [0.29, 0.717) is 32.5 Å². The fourth-order valence-corrected chi connectivity index (χ4v) is 3.70. The number of rotatable bonds is 3. The van der Waals surface area contributed by atoms with Gasteiger partial charge in [0.25, 0.3) is 0 Å². The number of carbonyl (C=O) groups excluding carboxylic acids is 1. The van der Waals surface area contributed by atoms with Crippen LogP contribution in [0.25, 0.3) is 0 Å². The third-order valence-electron chi connectivity index (χ3n) is 5.06. The van der Waals surface area contributed by atoms with Gasteiger partial charge in [0.05, 0.1) is 12.1 Å². The molecule has 0 aromatic heterocycles. The van der Waals surface area contributed by atoms with E-state index < -0.39 is 18.2 Å². The summed E-state index contributed by atoms with van der Waals surface area (Å²) in [6, 6.07) is 7.60. The van der Waals surface area contributed by atoms with Crippen LogP contribution in [0.1, 0.15) is 36.3 Å². The van der Waals surface area contributed by atoms with E-state index in [2.05, 4.69) is 11.4 Å². The highest BCUT2D eigenvalue weighted by molar-refractivity contribution is 5.79. The maximum Gasteiger partial charge on any atom is 0.223 e. The molecule has 126 valence electrons. The van der Waals surface area contributed by atoms with E-state index in [1.165, 1.54) is 0 Å². The van der Waals surface area contributed by atoms with Crippen LogP contribution in [0.2, 0.25) is 0 Å². The Balaban J connectivity index is 1.75. The van der Waals surface area contributed by atoms with Crippen molar-refractivity contribution in [2.45, 2.75) is 50.4 Å². The zero-order valence-electron chi connectivity index (χ0n) is 13.4. The first kappa shape index (κ1) is 16.4. The maximum absolute atomic E-state index is 12.5. The Morgan fingerprint density at radius 2 is 2.00 bits per heavy atom. The molecule has 1 saturated heterocycles. The lowest BCUT2D eigenvalue weighted by atomic mass is 9.91. The highest BCUT2D eigenvalue weighted by Crippen LogP contribution is 2.36. The van der Waals surface area contributed by atoms with Crippen LogP contribution < -0.4 is 5.32 Å². The van der Waals surface area contributed by atoms with Crippen molar-refractivity contribution in [1.29, 1.82) is 0 Å². The molecule has 3 N–H and O–H groups in total. The predicted octanol–water partition coefficient (Wildman–Crippen LogP) is 1.12. The largest absolute Gasteiger partial charge is 0.390 e. The van der Waals surface area contributed by atoms with Crippen LogP contribution in [0.15, 0.2) is 24.3 Å². The van der Waals surface area contributed by atoms with Gasteiger partial charge in [0.2, 0.25) is 5.91 Å². The fraction of sp³-hybridized carbons (Fsp3) is 0.611. The van der Waals surface area contributed by atoms with Gasteiger partial charge >= 0.3 is 0 Å². The molecule has 0 spiro atoms. The van der Waals surface area contributed by atoms with E-state index in [9.17, 15) is 15.0 Å². The Morgan fingerprint density at radius 3 is 2.70 bits per heavy atom. The molecule has 1 heterocycles. The molecule has 0 unspecified atom stereocenters. The zero-order chi connectivity index (χ0) is 16.4. The number of hydrogen-bond donors (Lipinski definition) is 3. The number of aryl methyl sites for hydroxylation is 1. The molecule has 0 radical (unpaired) electrons. The molecule has 0 bridgehead atoms. The molecule has 1 aliphatic carbocycles. The Kier molecular flexibility index (Phi) is 4.99. The number of amides is 1. The monoisotopic (exact) mass is 319 g/mol. The van der Waals surface area contributed by atoms with Crippen molar-refractivity contribution >= 4 is 5.91 Å². The number of benzene rings is 1. The highest BCUT2D eigenvalue weighted by Gasteiger charge is 2.43. The van der Waals surface area contributed by atoms with Gasteiger partial charge in [-0.3, -0.25) is 4.79 Å². The van der Waals surface area contributed by atoms with Gasteiger partial charge < -0.3 is 20.3 Å². The lowest BCUT2D eigenvalue weighted by Crippen LogP contribution is -2.48. The summed E-state index contributed by atoms with van der Waals surface area (Å²) in [5.41, 5.74) is 2.19. The molecule has 1 aliphatic heterocycles. The number of aliphatic hydroxyl groups is 2. The summed E-state index contributed by atoms with van der Waals surface area (Å²) in [5, 5.41) is 23.4. The van der Waals surface area contributed by atoms with Crippen LogP contribution in [0.4, 0.5) is 0 Å². The van der Waals surface area contributed by atoms with Crippen LogP contribution in [0, 0.1) is 12.8 Å². The summed E-state index contributed by atoms with van der Waals surface area (Å²) in [4.78, 5) is 12.5. The Labute approximate surface area is 136 Å². The number of nitrogens with one attached hydrogen (secondary N) is 1. The minimum Gasteiger partial charge on any atom is -0.390 e. The third kappa shape index (κ3) is 3.57. The summed E-state index contributed by atoms with van der Waals surface area (Å²) < 4.78 is 5.29. The SMILES string of the molecule is Cc1cccc([C@H]2C[C@@H](O)[C@@H](O)[C@@H]2NC(=O)C2CCOCC2)c1. The summed E-state index contributed by atoms with van der Waals surface area (Å²) in [6.07, 6.45) is 0.159. The summed E-state index contributed by atoms with van der Waals surface area (Å²) in [7, 11) is 0. The quantitative estimate of drug-likeness (QED) is 0.780. The molecule has 3 rings (SSSR count).